The predicted octanol–water partition coefficient (Wildman–Crippen LogP) is 1.79. The minimum atomic E-state index is -0.252. The minimum absolute atomic E-state index is 0.0256. The number of hydrogen-bond acceptors (Lipinski definition) is 5. The molecule has 1 heterocycles. The molecule has 2 unspecified atom stereocenters. The SMILES string of the molecule is CC(C)c1noc(CCCC(=O)NCC2CCCC2O)n1. The molecule has 6 nitrogen and oxygen atoms in total. The van der Waals surface area contributed by atoms with Crippen molar-refractivity contribution >= 4 is 5.91 Å². The molecule has 1 aliphatic carbocycles. The first kappa shape index (κ1) is 15.9. The van der Waals surface area contributed by atoms with Crippen LogP contribution in [0.25, 0.3) is 0 Å². The average molecular weight is 295 g/mol. The van der Waals surface area contributed by atoms with Crippen LogP contribution < -0.4 is 5.32 Å². The van der Waals surface area contributed by atoms with Crippen LogP contribution in [0, 0.1) is 5.92 Å². The van der Waals surface area contributed by atoms with Crippen LogP contribution in [0.1, 0.15) is 63.6 Å². The Morgan fingerprint density at radius 2 is 2.29 bits per heavy atom. The lowest BCUT2D eigenvalue weighted by Crippen LogP contribution is -2.32. The molecular weight excluding hydrogens is 270 g/mol. The largest absolute Gasteiger partial charge is 0.393 e. The summed E-state index contributed by atoms with van der Waals surface area (Å²) in [4.78, 5) is 16.0. The Bertz CT molecular complexity index is 459. The molecule has 0 spiro atoms. The van der Waals surface area contributed by atoms with Gasteiger partial charge in [-0.15, -0.1) is 0 Å². The van der Waals surface area contributed by atoms with Crippen molar-refractivity contribution in [3.8, 4) is 0 Å². The van der Waals surface area contributed by atoms with E-state index < -0.39 is 0 Å². The molecule has 1 saturated carbocycles. The van der Waals surface area contributed by atoms with E-state index in [0.717, 1.165) is 19.3 Å². The number of nitrogens with zero attached hydrogens (tertiary/aromatic N) is 2. The molecule has 0 radical (unpaired) electrons. The number of aliphatic hydroxyl groups excluding tert-OH is 1. The second-order valence-electron chi connectivity index (χ2n) is 6.12. The molecule has 0 bridgehead atoms. The summed E-state index contributed by atoms with van der Waals surface area (Å²) in [6, 6.07) is 0. The van der Waals surface area contributed by atoms with Crippen molar-refractivity contribution in [2.45, 2.75) is 64.4 Å². The molecular formula is C15H25N3O3. The monoisotopic (exact) mass is 295 g/mol. The highest BCUT2D eigenvalue weighted by molar-refractivity contribution is 5.75. The molecule has 6 heteroatoms. The second-order valence-corrected chi connectivity index (χ2v) is 6.12. The number of nitrogens with one attached hydrogen (secondary N) is 1. The fraction of sp³-hybridized carbons (Fsp3) is 0.800. The first-order valence-electron chi connectivity index (χ1n) is 7.83. The quantitative estimate of drug-likeness (QED) is 0.800. The number of carbonyl (C=O) groups is 1. The zero-order valence-corrected chi connectivity index (χ0v) is 12.8. The van der Waals surface area contributed by atoms with E-state index in [2.05, 4.69) is 15.5 Å². The van der Waals surface area contributed by atoms with E-state index in [-0.39, 0.29) is 23.8 Å². The van der Waals surface area contributed by atoms with Gasteiger partial charge in [0.25, 0.3) is 0 Å². The van der Waals surface area contributed by atoms with Crippen LogP contribution in [-0.4, -0.2) is 33.8 Å². The number of carbonyl (C=O) groups excluding carboxylic acids is 1. The Morgan fingerprint density at radius 3 is 2.90 bits per heavy atom. The van der Waals surface area contributed by atoms with E-state index in [1.54, 1.807) is 0 Å². The fourth-order valence-electron chi connectivity index (χ4n) is 2.59. The molecule has 1 aromatic heterocycles. The van der Waals surface area contributed by atoms with Gasteiger partial charge in [0.15, 0.2) is 5.82 Å². The van der Waals surface area contributed by atoms with Crippen molar-refractivity contribution in [3.05, 3.63) is 11.7 Å². The lowest BCUT2D eigenvalue weighted by molar-refractivity contribution is -0.121. The summed E-state index contributed by atoms with van der Waals surface area (Å²) in [7, 11) is 0. The van der Waals surface area contributed by atoms with Crippen LogP contribution in [0.5, 0.6) is 0 Å². The molecule has 1 amide bonds. The third kappa shape index (κ3) is 4.81. The van der Waals surface area contributed by atoms with Crippen LogP contribution in [0.4, 0.5) is 0 Å². The Labute approximate surface area is 125 Å². The summed E-state index contributed by atoms with van der Waals surface area (Å²) in [5.41, 5.74) is 0. The number of aromatic nitrogens is 2. The van der Waals surface area contributed by atoms with E-state index in [4.69, 9.17) is 4.52 Å². The predicted molar refractivity (Wildman–Crippen MR) is 77.7 cm³/mol. The van der Waals surface area contributed by atoms with Crippen LogP contribution >= 0.6 is 0 Å². The molecule has 2 atom stereocenters. The molecule has 118 valence electrons. The summed E-state index contributed by atoms with van der Waals surface area (Å²) in [6.07, 6.45) is 4.42. The summed E-state index contributed by atoms with van der Waals surface area (Å²) in [6.45, 7) is 4.61. The Morgan fingerprint density at radius 1 is 1.48 bits per heavy atom. The topological polar surface area (TPSA) is 88.2 Å². The maximum absolute atomic E-state index is 11.8. The third-order valence-electron chi connectivity index (χ3n) is 3.98. The lowest BCUT2D eigenvalue weighted by atomic mass is 10.1. The van der Waals surface area contributed by atoms with Crippen molar-refractivity contribution in [2.75, 3.05) is 6.54 Å². The minimum Gasteiger partial charge on any atom is -0.393 e. The lowest BCUT2D eigenvalue weighted by Gasteiger charge is -2.14. The van der Waals surface area contributed by atoms with E-state index in [9.17, 15) is 9.90 Å². The molecule has 1 aliphatic rings. The van der Waals surface area contributed by atoms with Crippen LogP contribution in [0.3, 0.4) is 0 Å². The van der Waals surface area contributed by atoms with E-state index in [1.165, 1.54) is 0 Å². The van der Waals surface area contributed by atoms with Gasteiger partial charge in [-0.05, 0) is 19.3 Å². The molecule has 2 N–H and O–H groups in total. The molecule has 1 fully saturated rings. The Kier molecular flexibility index (Phi) is 5.73. The van der Waals surface area contributed by atoms with Gasteiger partial charge >= 0.3 is 0 Å². The van der Waals surface area contributed by atoms with E-state index in [1.807, 2.05) is 13.8 Å². The van der Waals surface area contributed by atoms with E-state index >= 15 is 0 Å². The van der Waals surface area contributed by atoms with Gasteiger partial charge in [0.05, 0.1) is 6.10 Å². The van der Waals surface area contributed by atoms with Crippen molar-refractivity contribution in [3.63, 3.8) is 0 Å². The Hall–Kier alpha value is -1.43. The number of aliphatic hydroxyl groups is 1. The average Bonchev–Trinajstić information content (AvgIpc) is 3.06. The summed E-state index contributed by atoms with van der Waals surface area (Å²) in [5, 5.41) is 16.5. The van der Waals surface area contributed by atoms with Gasteiger partial charge in [0.1, 0.15) is 0 Å². The number of aryl methyl sites for hydroxylation is 1. The highest BCUT2D eigenvalue weighted by Gasteiger charge is 2.25. The van der Waals surface area contributed by atoms with Crippen molar-refractivity contribution in [2.24, 2.45) is 5.92 Å². The summed E-state index contributed by atoms with van der Waals surface area (Å²) < 4.78 is 5.14. The van der Waals surface area contributed by atoms with Gasteiger partial charge in [0.2, 0.25) is 11.8 Å². The normalized spacial score (nSPS) is 21.9. The van der Waals surface area contributed by atoms with Crippen LogP contribution in [0.2, 0.25) is 0 Å². The van der Waals surface area contributed by atoms with Gasteiger partial charge in [-0.1, -0.05) is 25.4 Å². The standard InChI is InChI=1S/C15H25N3O3/c1-10(2)15-17-14(21-18-15)8-4-7-13(20)16-9-11-5-3-6-12(11)19/h10-12,19H,3-9H2,1-2H3,(H,16,20). The zero-order chi connectivity index (χ0) is 15.2. The van der Waals surface area contributed by atoms with E-state index in [0.29, 0.717) is 37.5 Å². The smallest absolute Gasteiger partial charge is 0.226 e. The molecule has 0 aliphatic heterocycles. The van der Waals surface area contributed by atoms with Crippen molar-refractivity contribution in [1.82, 2.24) is 15.5 Å². The highest BCUT2D eigenvalue weighted by Crippen LogP contribution is 2.24. The van der Waals surface area contributed by atoms with Gasteiger partial charge in [-0.25, -0.2) is 0 Å². The molecule has 0 saturated heterocycles. The van der Waals surface area contributed by atoms with Crippen LogP contribution in [0.15, 0.2) is 4.52 Å². The molecule has 1 aromatic rings. The zero-order valence-electron chi connectivity index (χ0n) is 12.8. The van der Waals surface area contributed by atoms with Gasteiger partial charge < -0.3 is 14.9 Å². The van der Waals surface area contributed by atoms with Crippen LogP contribution in [-0.2, 0) is 11.2 Å². The first-order valence-corrected chi connectivity index (χ1v) is 7.83. The summed E-state index contributed by atoms with van der Waals surface area (Å²) >= 11 is 0. The second kappa shape index (κ2) is 7.54. The van der Waals surface area contributed by atoms with Gasteiger partial charge in [0, 0.05) is 31.2 Å². The van der Waals surface area contributed by atoms with Gasteiger partial charge in [-0.3, -0.25) is 4.79 Å². The number of hydrogen-bond donors (Lipinski definition) is 2. The first-order chi connectivity index (χ1) is 10.1. The maximum Gasteiger partial charge on any atom is 0.226 e. The Balaban J connectivity index is 1.62. The summed E-state index contributed by atoms with van der Waals surface area (Å²) in [5.74, 6) is 1.81. The molecule has 21 heavy (non-hydrogen) atoms. The van der Waals surface area contributed by atoms with Gasteiger partial charge in [-0.2, -0.15) is 4.98 Å². The highest BCUT2D eigenvalue weighted by atomic mass is 16.5. The third-order valence-corrected chi connectivity index (χ3v) is 3.98. The maximum atomic E-state index is 11.8. The van der Waals surface area contributed by atoms with Crippen molar-refractivity contribution < 1.29 is 14.4 Å². The number of rotatable bonds is 7. The number of amides is 1. The van der Waals surface area contributed by atoms with Crippen molar-refractivity contribution in [1.29, 1.82) is 0 Å². The molecule has 2 rings (SSSR count). The molecule has 0 aromatic carbocycles. The fourth-order valence-corrected chi connectivity index (χ4v) is 2.59.